The third kappa shape index (κ3) is 7.08. The number of urea groups is 1. The molecule has 120 valence electrons. The van der Waals surface area contributed by atoms with E-state index in [1.807, 2.05) is 0 Å². The van der Waals surface area contributed by atoms with Gasteiger partial charge in [0.1, 0.15) is 0 Å². The summed E-state index contributed by atoms with van der Waals surface area (Å²) in [6, 6.07) is -0.504. The van der Waals surface area contributed by atoms with Gasteiger partial charge in [-0.1, -0.05) is 6.92 Å². The summed E-state index contributed by atoms with van der Waals surface area (Å²) in [5, 5.41) is 13.4. The van der Waals surface area contributed by atoms with Gasteiger partial charge in [0.2, 0.25) is 5.91 Å². The molecule has 1 aliphatic rings. The van der Waals surface area contributed by atoms with E-state index in [0.29, 0.717) is 6.54 Å². The number of carbonyl (C=O) groups is 3. The number of piperidine rings is 1. The lowest BCUT2D eigenvalue weighted by Crippen LogP contribution is -2.47. The van der Waals surface area contributed by atoms with Crippen molar-refractivity contribution >= 4 is 17.9 Å². The number of nitrogens with one attached hydrogen (secondary N) is 2. The molecule has 0 radical (unpaired) electrons. The number of carboxylic acids is 1. The number of amides is 3. The van der Waals surface area contributed by atoms with Gasteiger partial charge in [0.15, 0.2) is 0 Å². The second kappa shape index (κ2) is 7.97. The van der Waals surface area contributed by atoms with Crippen molar-refractivity contribution in [3.05, 3.63) is 0 Å². The molecule has 0 atom stereocenters. The van der Waals surface area contributed by atoms with Crippen LogP contribution in [0.4, 0.5) is 4.79 Å². The van der Waals surface area contributed by atoms with Gasteiger partial charge in [-0.15, -0.1) is 0 Å². The van der Waals surface area contributed by atoms with E-state index in [4.69, 9.17) is 5.11 Å². The Morgan fingerprint density at radius 1 is 1.19 bits per heavy atom. The molecule has 0 unspecified atom stereocenters. The molecule has 1 fully saturated rings. The molecule has 0 bridgehead atoms. The Bertz CT molecular complexity index is 390. The number of aliphatic carboxylic acids is 1. The third-order valence-corrected chi connectivity index (χ3v) is 3.92. The summed E-state index contributed by atoms with van der Waals surface area (Å²) in [7, 11) is 2.08. The van der Waals surface area contributed by atoms with Gasteiger partial charge in [-0.2, -0.15) is 0 Å². The molecule has 0 saturated carbocycles. The summed E-state index contributed by atoms with van der Waals surface area (Å²) >= 11 is 0. The Kier molecular flexibility index (Phi) is 6.61. The number of rotatable bonds is 6. The quantitative estimate of drug-likeness (QED) is 0.674. The maximum absolute atomic E-state index is 11.6. The fraction of sp³-hybridized carbons (Fsp3) is 0.786. The van der Waals surface area contributed by atoms with Gasteiger partial charge in [0.25, 0.3) is 0 Å². The number of likely N-dealkylation sites (tertiary alicyclic amines) is 1. The van der Waals surface area contributed by atoms with Crippen LogP contribution in [0.5, 0.6) is 0 Å². The molecular weight excluding hydrogens is 274 g/mol. The zero-order valence-corrected chi connectivity index (χ0v) is 12.8. The number of imide groups is 1. The molecule has 1 heterocycles. The molecular formula is C14H25N3O4. The van der Waals surface area contributed by atoms with Crippen LogP contribution in [0.25, 0.3) is 0 Å². The summed E-state index contributed by atoms with van der Waals surface area (Å²) in [6.07, 6.45) is 2.23. The fourth-order valence-electron chi connectivity index (χ4n) is 2.26. The highest BCUT2D eigenvalue weighted by Gasteiger charge is 2.29. The van der Waals surface area contributed by atoms with Crippen LogP contribution >= 0.6 is 0 Å². The molecule has 3 N–H and O–H groups in total. The summed E-state index contributed by atoms with van der Waals surface area (Å²) in [5.74, 6) is -1.38. The van der Waals surface area contributed by atoms with Crippen LogP contribution in [0, 0.1) is 5.41 Å². The van der Waals surface area contributed by atoms with Crippen LogP contribution in [-0.2, 0) is 9.59 Å². The van der Waals surface area contributed by atoms with E-state index in [-0.39, 0.29) is 24.7 Å². The fourth-order valence-corrected chi connectivity index (χ4v) is 2.26. The van der Waals surface area contributed by atoms with Crippen molar-refractivity contribution in [2.45, 2.75) is 39.0 Å². The summed E-state index contributed by atoms with van der Waals surface area (Å²) in [4.78, 5) is 35.6. The molecule has 0 aromatic carbocycles. The highest BCUT2D eigenvalue weighted by molar-refractivity contribution is 5.94. The molecule has 0 aromatic rings. The van der Waals surface area contributed by atoms with E-state index in [2.05, 4.69) is 29.5 Å². The minimum Gasteiger partial charge on any atom is -0.481 e. The summed E-state index contributed by atoms with van der Waals surface area (Å²) in [5.41, 5.74) is 0.0657. The molecule has 3 amide bonds. The van der Waals surface area contributed by atoms with Crippen molar-refractivity contribution in [2.24, 2.45) is 5.41 Å². The zero-order chi connectivity index (χ0) is 15.9. The van der Waals surface area contributed by atoms with E-state index < -0.39 is 17.9 Å². The molecule has 7 nitrogen and oxygen atoms in total. The van der Waals surface area contributed by atoms with E-state index in [0.717, 1.165) is 25.9 Å². The monoisotopic (exact) mass is 299 g/mol. The number of hydrogen-bond acceptors (Lipinski definition) is 4. The maximum atomic E-state index is 11.6. The van der Waals surface area contributed by atoms with Gasteiger partial charge in [0.05, 0.1) is 0 Å². The van der Waals surface area contributed by atoms with Crippen LogP contribution < -0.4 is 10.6 Å². The minimum atomic E-state index is -0.942. The molecule has 7 heteroatoms. The number of nitrogens with zero attached hydrogens (tertiary/aromatic N) is 1. The van der Waals surface area contributed by atoms with Crippen molar-refractivity contribution in [3.8, 4) is 0 Å². The summed E-state index contributed by atoms with van der Waals surface area (Å²) < 4.78 is 0. The van der Waals surface area contributed by atoms with Gasteiger partial charge >= 0.3 is 12.0 Å². The van der Waals surface area contributed by atoms with Crippen molar-refractivity contribution in [1.82, 2.24) is 15.5 Å². The largest absolute Gasteiger partial charge is 0.481 e. The molecule has 0 aromatic heterocycles. The Morgan fingerprint density at radius 3 is 2.38 bits per heavy atom. The maximum Gasteiger partial charge on any atom is 0.321 e. The molecule has 0 aliphatic carbocycles. The topological polar surface area (TPSA) is 98.7 Å². The van der Waals surface area contributed by atoms with Crippen molar-refractivity contribution in [1.29, 1.82) is 0 Å². The van der Waals surface area contributed by atoms with Crippen LogP contribution in [0.1, 0.15) is 39.0 Å². The third-order valence-electron chi connectivity index (χ3n) is 3.92. The SMILES string of the molecule is CN1CCC(C)(CNC(=O)NC(=O)CCCC(=O)O)CC1. The van der Waals surface area contributed by atoms with E-state index in [9.17, 15) is 14.4 Å². The van der Waals surface area contributed by atoms with E-state index in [1.54, 1.807) is 0 Å². The Labute approximate surface area is 125 Å². The van der Waals surface area contributed by atoms with Gasteiger partial charge in [-0.3, -0.25) is 14.9 Å². The Morgan fingerprint density at radius 2 is 1.81 bits per heavy atom. The van der Waals surface area contributed by atoms with Crippen LogP contribution in [0.3, 0.4) is 0 Å². The second-order valence-corrected chi connectivity index (χ2v) is 6.09. The Balaban J connectivity index is 2.21. The highest BCUT2D eigenvalue weighted by Crippen LogP contribution is 2.29. The molecule has 0 spiro atoms. The van der Waals surface area contributed by atoms with Gasteiger partial charge in [-0.25, -0.2) is 4.79 Å². The van der Waals surface area contributed by atoms with E-state index >= 15 is 0 Å². The molecule has 1 aliphatic heterocycles. The second-order valence-electron chi connectivity index (χ2n) is 6.09. The first-order valence-electron chi connectivity index (χ1n) is 7.29. The van der Waals surface area contributed by atoms with Gasteiger partial charge < -0.3 is 15.3 Å². The van der Waals surface area contributed by atoms with Crippen LogP contribution in [-0.4, -0.2) is 54.6 Å². The smallest absolute Gasteiger partial charge is 0.321 e. The Hall–Kier alpha value is -1.63. The first kappa shape index (κ1) is 17.4. The first-order chi connectivity index (χ1) is 9.81. The molecule has 1 rings (SSSR count). The first-order valence-corrected chi connectivity index (χ1v) is 7.29. The number of carbonyl (C=O) groups excluding carboxylic acids is 2. The van der Waals surface area contributed by atoms with Gasteiger partial charge in [0, 0.05) is 19.4 Å². The number of hydrogen-bond donors (Lipinski definition) is 3. The molecule has 1 saturated heterocycles. The lowest BCUT2D eigenvalue weighted by molar-refractivity contribution is -0.137. The predicted molar refractivity (Wildman–Crippen MR) is 77.9 cm³/mol. The van der Waals surface area contributed by atoms with Crippen molar-refractivity contribution < 1.29 is 19.5 Å². The molecule has 21 heavy (non-hydrogen) atoms. The summed E-state index contributed by atoms with van der Waals surface area (Å²) in [6.45, 7) is 4.69. The lowest BCUT2D eigenvalue weighted by atomic mass is 9.80. The van der Waals surface area contributed by atoms with Crippen molar-refractivity contribution in [3.63, 3.8) is 0 Å². The average molecular weight is 299 g/mol. The van der Waals surface area contributed by atoms with Crippen LogP contribution in [0.15, 0.2) is 0 Å². The van der Waals surface area contributed by atoms with E-state index in [1.165, 1.54) is 0 Å². The van der Waals surface area contributed by atoms with Crippen molar-refractivity contribution in [2.75, 3.05) is 26.7 Å². The minimum absolute atomic E-state index is 0.0434. The number of carboxylic acid groups (broad SMARTS) is 1. The average Bonchev–Trinajstić information content (AvgIpc) is 2.40. The standard InChI is InChI=1S/C14H25N3O4/c1-14(6-8-17(2)9-7-14)10-15-13(21)16-11(18)4-3-5-12(19)20/h3-10H2,1-2H3,(H,19,20)(H2,15,16,18,21). The van der Waals surface area contributed by atoms with Gasteiger partial charge in [-0.05, 0) is 44.8 Å². The normalized spacial score (nSPS) is 18.0. The highest BCUT2D eigenvalue weighted by atomic mass is 16.4. The lowest BCUT2D eigenvalue weighted by Gasteiger charge is -2.37. The van der Waals surface area contributed by atoms with Crippen LogP contribution in [0.2, 0.25) is 0 Å². The predicted octanol–water partition coefficient (Wildman–Crippen LogP) is 0.799. The zero-order valence-electron chi connectivity index (χ0n) is 12.8.